The molecule has 0 fully saturated rings. The second-order valence-electron chi connectivity index (χ2n) is 4.95. The fourth-order valence-corrected chi connectivity index (χ4v) is 2.33. The van der Waals surface area contributed by atoms with E-state index >= 15 is 0 Å². The molecule has 0 radical (unpaired) electrons. The summed E-state index contributed by atoms with van der Waals surface area (Å²) in [6.07, 6.45) is 3.68. The molecule has 0 spiro atoms. The molecule has 0 aliphatic rings. The molecular formula is C18H16N2O2. The average Bonchev–Trinajstić information content (AvgIpc) is 2.59. The minimum absolute atomic E-state index is 0.322. The number of ether oxygens (including phenoxy) is 1. The van der Waals surface area contributed by atoms with Gasteiger partial charge in [-0.2, -0.15) is 0 Å². The number of hydrogen-bond acceptors (Lipinski definition) is 4. The van der Waals surface area contributed by atoms with Crippen molar-refractivity contribution in [3.05, 3.63) is 72.1 Å². The van der Waals surface area contributed by atoms with Crippen LogP contribution in [0, 0.1) is 0 Å². The molecular weight excluding hydrogens is 276 g/mol. The van der Waals surface area contributed by atoms with Crippen LogP contribution in [-0.2, 0) is 11.3 Å². The van der Waals surface area contributed by atoms with E-state index in [0.717, 1.165) is 22.0 Å². The van der Waals surface area contributed by atoms with Crippen molar-refractivity contribution in [1.82, 2.24) is 4.98 Å². The number of benzene rings is 2. The van der Waals surface area contributed by atoms with Crippen LogP contribution in [-0.4, -0.2) is 18.1 Å². The van der Waals surface area contributed by atoms with Crippen molar-refractivity contribution in [3.63, 3.8) is 0 Å². The zero-order valence-corrected chi connectivity index (χ0v) is 12.2. The Morgan fingerprint density at radius 2 is 1.86 bits per heavy atom. The Labute approximate surface area is 128 Å². The molecule has 0 amide bonds. The highest BCUT2D eigenvalue weighted by molar-refractivity contribution is 5.92. The third-order valence-corrected chi connectivity index (χ3v) is 3.53. The Morgan fingerprint density at radius 1 is 1.09 bits per heavy atom. The van der Waals surface area contributed by atoms with Gasteiger partial charge < -0.3 is 10.1 Å². The molecule has 3 rings (SSSR count). The maximum absolute atomic E-state index is 11.4. The second kappa shape index (κ2) is 6.26. The standard InChI is InChI=1S/C18H16N2O2/c1-22-18(21)14-8-6-13(7-9-14)10-20-17-12-19-11-15-4-2-3-5-16(15)17/h2-9,11-12,20H,10H2,1H3. The van der Waals surface area contributed by atoms with Gasteiger partial charge in [0.15, 0.2) is 0 Å². The maximum atomic E-state index is 11.4. The number of methoxy groups -OCH3 is 1. The number of aromatic nitrogens is 1. The fraction of sp³-hybridized carbons (Fsp3) is 0.111. The van der Waals surface area contributed by atoms with Crippen LogP contribution in [0.1, 0.15) is 15.9 Å². The third kappa shape index (κ3) is 2.91. The van der Waals surface area contributed by atoms with E-state index in [1.807, 2.05) is 42.7 Å². The van der Waals surface area contributed by atoms with Gasteiger partial charge in [-0.3, -0.25) is 4.98 Å². The van der Waals surface area contributed by atoms with Crippen LogP contribution in [0.15, 0.2) is 60.9 Å². The molecule has 1 aromatic heterocycles. The topological polar surface area (TPSA) is 51.2 Å². The second-order valence-corrected chi connectivity index (χ2v) is 4.95. The summed E-state index contributed by atoms with van der Waals surface area (Å²) in [5, 5.41) is 5.64. The zero-order valence-electron chi connectivity index (χ0n) is 12.2. The highest BCUT2D eigenvalue weighted by Gasteiger charge is 2.05. The van der Waals surface area contributed by atoms with Crippen LogP contribution in [0.5, 0.6) is 0 Å². The Kier molecular flexibility index (Phi) is 4.01. The van der Waals surface area contributed by atoms with Gasteiger partial charge in [0.1, 0.15) is 0 Å². The van der Waals surface area contributed by atoms with Gasteiger partial charge in [-0.1, -0.05) is 36.4 Å². The van der Waals surface area contributed by atoms with Crippen LogP contribution in [0.2, 0.25) is 0 Å². The molecule has 4 heteroatoms. The monoisotopic (exact) mass is 292 g/mol. The first-order valence-corrected chi connectivity index (χ1v) is 7.02. The molecule has 0 bridgehead atoms. The molecule has 0 unspecified atom stereocenters. The summed E-state index contributed by atoms with van der Waals surface area (Å²) in [4.78, 5) is 15.7. The van der Waals surface area contributed by atoms with E-state index in [1.165, 1.54) is 7.11 Å². The van der Waals surface area contributed by atoms with E-state index in [9.17, 15) is 4.79 Å². The predicted octanol–water partition coefficient (Wildman–Crippen LogP) is 3.63. The van der Waals surface area contributed by atoms with E-state index in [2.05, 4.69) is 16.4 Å². The first kappa shape index (κ1) is 14.1. The molecule has 0 saturated heterocycles. The lowest BCUT2D eigenvalue weighted by atomic mass is 10.1. The Morgan fingerprint density at radius 3 is 2.64 bits per heavy atom. The van der Waals surface area contributed by atoms with E-state index in [0.29, 0.717) is 12.1 Å². The number of carbonyl (C=O) groups is 1. The summed E-state index contributed by atoms with van der Waals surface area (Å²) in [5.74, 6) is -0.322. The van der Waals surface area contributed by atoms with Gasteiger partial charge in [0.05, 0.1) is 24.6 Å². The van der Waals surface area contributed by atoms with Crippen LogP contribution >= 0.6 is 0 Å². The normalized spacial score (nSPS) is 10.4. The minimum atomic E-state index is -0.322. The van der Waals surface area contributed by atoms with Gasteiger partial charge in [0, 0.05) is 23.5 Å². The zero-order chi connectivity index (χ0) is 15.4. The van der Waals surface area contributed by atoms with Gasteiger partial charge in [-0.15, -0.1) is 0 Å². The summed E-state index contributed by atoms with van der Waals surface area (Å²) in [6, 6.07) is 15.5. The lowest BCUT2D eigenvalue weighted by molar-refractivity contribution is 0.0600. The van der Waals surface area contributed by atoms with E-state index in [1.54, 1.807) is 12.1 Å². The molecule has 0 saturated carbocycles. The van der Waals surface area contributed by atoms with Crippen molar-refractivity contribution in [1.29, 1.82) is 0 Å². The number of hydrogen-bond donors (Lipinski definition) is 1. The van der Waals surface area contributed by atoms with Crippen molar-refractivity contribution >= 4 is 22.4 Å². The maximum Gasteiger partial charge on any atom is 0.337 e. The van der Waals surface area contributed by atoms with E-state index < -0.39 is 0 Å². The van der Waals surface area contributed by atoms with Crippen molar-refractivity contribution in [2.75, 3.05) is 12.4 Å². The number of carbonyl (C=O) groups excluding carboxylic acids is 1. The number of nitrogens with one attached hydrogen (secondary N) is 1. The SMILES string of the molecule is COC(=O)c1ccc(CNc2cncc3ccccc23)cc1. The summed E-state index contributed by atoms with van der Waals surface area (Å²) in [6.45, 7) is 0.664. The van der Waals surface area contributed by atoms with Gasteiger partial charge in [-0.05, 0) is 17.7 Å². The fourth-order valence-electron chi connectivity index (χ4n) is 2.33. The largest absolute Gasteiger partial charge is 0.465 e. The Hall–Kier alpha value is -2.88. The molecule has 1 N–H and O–H groups in total. The van der Waals surface area contributed by atoms with Crippen molar-refractivity contribution < 1.29 is 9.53 Å². The Bertz CT molecular complexity index is 792. The van der Waals surface area contributed by atoms with Crippen LogP contribution < -0.4 is 5.32 Å². The summed E-state index contributed by atoms with van der Waals surface area (Å²) >= 11 is 0. The quantitative estimate of drug-likeness (QED) is 0.746. The van der Waals surface area contributed by atoms with Crippen molar-refractivity contribution in [2.45, 2.75) is 6.54 Å². The highest BCUT2D eigenvalue weighted by Crippen LogP contribution is 2.22. The lowest BCUT2D eigenvalue weighted by Gasteiger charge is -2.09. The van der Waals surface area contributed by atoms with E-state index in [4.69, 9.17) is 4.74 Å². The smallest absolute Gasteiger partial charge is 0.337 e. The molecule has 2 aromatic carbocycles. The average molecular weight is 292 g/mol. The van der Waals surface area contributed by atoms with Crippen LogP contribution in [0.4, 0.5) is 5.69 Å². The molecule has 4 nitrogen and oxygen atoms in total. The number of rotatable bonds is 4. The molecule has 0 aliphatic heterocycles. The van der Waals surface area contributed by atoms with E-state index in [-0.39, 0.29) is 5.97 Å². The molecule has 3 aromatic rings. The molecule has 22 heavy (non-hydrogen) atoms. The number of nitrogens with zero attached hydrogens (tertiary/aromatic N) is 1. The number of anilines is 1. The molecule has 0 atom stereocenters. The minimum Gasteiger partial charge on any atom is -0.465 e. The van der Waals surface area contributed by atoms with Crippen molar-refractivity contribution in [3.8, 4) is 0 Å². The molecule has 110 valence electrons. The van der Waals surface area contributed by atoms with Gasteiger partial charge in [0.2, 0.25) is 0 Å². The van der Waals surface area contributed by atoms with Crippen LogP contribution in [0.3, 0.4) is 0 Å². The van der Waals surface area contributed by atoms with Gasteiger partial charge in [-0.25, -0.2) is 4.79 Å². The number of fused-ring (bicyclic) bond motifs is 1. The highest BCUT2D eigenvalue weighted by atomic mass is 16.5. The molecule has 0 aliphatic carbocycles. The third-order valence-electron chi connectivity index (χ3n) is 3.53. The summed E-state index contributed by atoms with van der Waals surface area (Å²) in [7, 11) is 1.38. The predicted molar refractivity (Wildman–Crippen MR) is 86.9 cm³/mol. The first-order valence-electron chi connectivity index (χ1n) is 7.02. The van der Waals surface area contributed by atoms with Gasteiger partial charge in [0.25, 0.3) is 0 Å². The number of pyridine rings is 1. The van der Waals surface area contributed by atoms with Gasteiger partial charge >= 0.3 is 5.97 Å². The van der Waals surface area contributed by atoms with Crippen LogP contribution in [0.25, 0.3) is 10.8 Å². The lowest BCUT2D eigenvalue weighted by Crippen LogP contribution is -2.03. The Balaban J connectivity index is 1.75. The first-order chi connectivity index (χ1) is 10.8. The van der Waals surface area contributed by atoms with Crippen molar-refractivity contribution in [2.24, 2.45) is 0 Å². The summed E-state index contributed by atoms with van der Waals surface area (Å²) < 4.78 is 4.69. The summed E-state index contributed by atoms with van der Waals surface area (Å²) in [5.41, 5.74) is 2.63. The molecule has 1 heterocycles. The number of esters is 1.